The minimum atomic E-state index is -3.01. The van der Waals surface area contributed by atoms with E-state index in [0.29, 0.717) is 56.9 Å². The van der Waals surface area contributed by atoms with Gasteiger partial charge in [-0.2, -0.15) is 13.9 Å². The van der Waals surface area contributed by atoms with Gasteiger partial charge in [-0.05, 0) is 43.0 Å². The minimum absolute atomic E-state index is 0.0117. The maximum Gasteiger partial charge on any atom is 0.345 e. The van der Waals surface area contributed by atoms with Gasteiger partial charge in [-0.15, -0.1) is 11.3 Å². The van der Waals surface area contributed by atoms with Crippen LogP contribution in [0.3, 0.4) is 0 Å². The van der Waals surface area contributed by atoms with E-state index in [9.17, 15) is 18.0 Å². The van der Waals surface area contributed by atoms with Crippen molar-refractivity contribution < 1.29 is 31.8 Å². The number of fused-ring (bicyclic) bond motifs is 3. The lowest BCUT2D eigenvalue weighted by molar-refractivity contribution is -0.133. The molecule has 0 saturated carbocycles. The molecule has 0 spiro atoms. The van der Waals surface area contributed by atoms with E-state index < -0.39 is 24.9 Å². The van der Waals surface area contributed by atoms with Gasteiger partial charge >= 0.3 is 6.61 Å². The summed E-state index contributed by atoms with van der Waals surface area (Å²) in [6, 6.07) is 11.1. The molecule has 1 amide bonds. The number of carbonyl (C=O) groups excluding carboxylic acids is 1. The van der Waals surface area contributed by atoms with E-state index in [-0.39, 0.29) is 35.9 Å². The second kappa shape index (κ2) is 11.5. The Morgan fingerprint density at radius 2 is 1.91 bits per heavy atom. The van der Waals surface area contributed by atoms with Crippen molar-refractivity contribution in [2.24, 2.45) is 0 Å². The molecule has 2 aliphatic heterocycles. The molecule has 45 heavy (non-hydrogen) atoms. The number of ether oxygens (including phenoxy) is 2. The van der Waals surface area contributed by atoms with Crippen molar-refractivity contribution in [3.8, 4) is 39.5 Å². The van der Waals surface area contributed by atoms with Crippen LogP contribution in [0.5, 0.6) is 5.75 Å². The average molecular weight is 638 g/mol. The quantitative estimate of drug-likeness (QED) is 0.143. The van der Waals surface area contributed by atoms with Crippen LogP contribution < -0.4 is 15.4 Å². The van der Waals surface area contributed by atoms with Crippen LogP contribution in [-0.2, 0) is 11.3 Å². The molecule has 0 bridgehead atoms. The van der Waals surface area contributed by atoms with E-state index in [1.165, 1.54) is 11.3 Å². The highest BCUT2D eigenvalue weighted by Gasteiger charge is 2.30. The zero-order valence-corrected chi connectivity index (χ0v) is 25.0. The van der Waals surface area contributed by atoms with Crippen molar-refractivity contribution in [2.75, 3.05) is 19.8 Å². The molecule has 2 atom stereocenters. The van der Waals surface area contributed by atoms with Crippen LogP contribution >= 0.6 is 11.3 Å². The van der Waals surface area contributed by atoms with Crippen LogP contribution in [-0.4, -0.2) is 47.0 Å². The van der Waals surface area contributed by atoms with Crippen LogP contribution in [0.4, 0.5) is 17.6 Å². The molecule has 0 radical (unpaired) electrons. The van der Waals surface area contributed by atoms with Gasteiger partial charge in [0.25, 0.3) is 5.91 Å². The van der Waals surface area contributed by atoms with E-state index in [2.05, 4.69) is 15.4 Å². The SMILES string of the molecule is CC1NCC(C)n2nc(-c3nc(-c4ccc5c(c4)C(=O)NC5)c4ccsc4c3-c3c(F)cc(F)cc3OCCOC(F)F)cc21. The highest BCUT2D eigenvalue weighted by atomic mass is 32.1. The number of halogens is 4. The Kier molecular flexibility index (Phi) is 7.54. The fourth-order valence-electron chi connectivity index (χ4n) is 5.96. The van der Waals surface area contributed by atoms with Crippen molar-refractivity contribution in [2.45, 2.75) is 39.1 Å². The molecule has 2 unspecified atom stereocenters. The van der Waals surface area contributed by atoms with Gasteiger partial charge in [-0.25, -0.2) is 13.8 Å². The van der Waals surface area contributed by atoms with Crippen LogP contribution in [0.15, 0.2) is 47.8 Å². The third-order valence-electron chi connectivity index (χ3n) is 8.12. The van der Waals surface area contributed by atoms with Gasteiger partial charge in [-0.3, -0.25) is 9.48 Å². The minimum Gasteiger partial charge on any atom is -0.490 e. The van der Waals surface area contributed by atoms with E-state index in [1.807, 2.05) is 48.2 Å². The molecular weight excluding hydrogens is 610 g/mol. The third-order valence-corrected chi connectivity index (χ3v) is 9.05. The molecule has 2 aromatic carbocycles. The Hall–Kier alpha value is -4.33. The van der Waals surface area contributed by atoms with E-state index in [0.717, 1.165) is 23.4 Å². The molecule has 7 rings (SSSR count). The molecule has 0 saturated heterocycles. The van der Waals surface area contributed by atoms with Gasteiger partial charge in [0.05, 0.1) is 29.6 Å². The van der Waals surface area contributed by atoms with Gasteiger partial charge < -0.3 is 20.1 Å². The number of amides is 1. The number of pyridine rings is 1. The first-order valence-electron chi connectivity index (χ1n) is 14.4. The number of nitrogens with one attached hydrogen (secondary N) is 2. The second-order valence-corrected chi connectivity index (χ2v) is 11.9. The molecule has 0 fully saturated rings. The van der Waals surface area contributed by atoms with E-state index >= 15 is 4.39 Å². The van der Waals surface area contributed by atoms with Gasteiger partial charge in [-0.1, -0.05) is 12.1 Å². The molecule has 5 heterocycles. The summed E-state index contributed by atoms with van der Waals surface area (Å²) in [6.07, 6.45) is 0. The standard InChI is InChI=1S/C32H27F4N5O3S/c1-15-13-37-16(2)24-12-23(40-41(15)24)29-27(26-22(34)10-19(33)11-25(26)43-6-7-44-32(35)36)30-20(5-8-45-30)28(39-29)17-3-4-18-14-38-31(42)21(18)9-17/h3-5,8-12,15-16,32,37H,6-7,13-14H2,1-2H3,(H,38,42). The Labute approximate surface area is 259 Å². The number of carbonyl (C=O) groups is 1. The zero-order chi connectivity index (χ0) is 31.4. The largest absolute Gasteiger partial charge is 0.490 e. The van der Waals surface area contributed by atoms with E-state index in [4.69, 9.17) is 14.8 Å². The number of nitrogens with zero attached hydrogens (tertiary/aromatic N) is 3. The number of rotatable bonds is 8. The highest BCUT2D eigenvalue weighted by molar-refractivity contribution is 7.18. The monoisotopic (exact) mass is 637 g/mol. The summed E-state index contributed by atoms with van der Waals surface area (Å²) in [4.78, 5) is 17.6. The molecule has 3 aromatic heterocycles. The maximum atomic E-state index is 16.0. The van der Waals surface area contributed by atoms with Crippen molar-refractivity contribution in [3.05, 3.63) is 76.3 Å². The Morgan fingerprint density at radius 1 is 1.07 bits per heavy atom. The fourth-order valence-corrected chi connectivity index (χ4v) is 6.91. The lowest BCUT2D eigenvalue weighted by Gasteiger charge is -2.27. The summed E-state index contributed by atoms with van der Waals surface area (Å²) in [6.45, 7) is 1.33. The number of aromatic nitrogens is 3. The van der Waals surface area contributed by atoms with E-state index in [1.54, 1.807) is 6.07 Å². The summed E-state index contributed by atoms with van der Waals surface area (Å²) < 4.78 is 68.2. The smallest absolute Gasteiger partial charge is 0.345 e. The molecule has 13 heteroatoms. The number of hydrogen-bond acceptors (Lipinski definition) is 7. The van der Waals surface area contributed by atoms with Crippen LogP contribution in [0.25, 0.3) is 43.9 Å². The highest BCUT2D eigenvalue weighted by Crippen LogP contribution is 2.47. The van der Waals surface area contributed by atoms with Crippen LogP contribution in [0.2, 0.25) is 0 Å². The Balaban J connectivity index is 1.48. The van der Waals surface area contributed by atoms with Crippen molar-refractivity contribution in [3.63, 3.8) is 0 Å². The lowest BCUT2D eigenvalue weighted by atomic mass is 9.95. The number of hydrogen-bond donors (Lipinski definition) is 2. The summed E-state index contributed by atoms with van der Waals surface area (Å²) >= 11 is 1.34. The molecule has 8 nitrogen and oxygen atoms in total. The first-order valence-corrected chi connectivity index (χ1v) is 15.3. The summed E-state index contributed by atoms with van der Waals surface area (Å²) in [5.41, 5.74) is 4.65. The number of thiophene rings is 1. The number of alkyl halides is 2. The number of benzene rings is 2. The van der Waals surface area contributed by atoms with Crippen molar-refractivity contribution in [1.82, 2.24) is 25.4 Å². The molecule has 0 aliphatic carbocycles. The average Bonchev–Trinajstić information content (AvgIpc) is 3.76. The predicted molar refractivity (Wildman–Crippen MR) is 161 cm³/mol. The molecule has 2 aliphatic rings. The van der Waals surface area contributed by atoms with Gasteiger partial charge in [0, 0.05) is 58.0 Å². The maximum absolute atomic E-state index is 16.0. The third kappa shape index (κ3) is 5.24. The molecule has 5 aromatic rings. The van der Waals surface area contributed by atoms with Crippen molar-refractivity contribution in [1.29, 1.82) is 0 Å². The normalized spacial score (nSPS) is 17.5. The summed E-state index contributed by atoms with van der Waals surface area (Å²) in [5.74, 6) is -2.16. The topological polar surface area (TPSA) is 90.3 Å². The van der Waals surface area contributed by atoms with Crippen molar-refractivity contribution >= 4 is 27.3 Å². The lowest BCUT2D eigenvalue weighted by Crippen LogP contribution is -2.34. The van der Waals surface area contributed by atoms with Crippen LogP contribution in [0, 0.1) is 11.6 Å². The summed E-state index contributed by atoms with van der Waals surface area (Å²) in [5, 5.41) is 13.7. The van der Waals surface area contributed by atoms with Crippen LogP contribution in [0.1, 0.15) is 47.5 Å². The van der Waals surface area contributed by atoms with Gasteiger partial charge in [0.2, 0.25) is 0 Å². The molecular formula is C32H27F4N5O3S. The first-order chi connectivity index (χ1) is 21.7. The Bertz CT molecular complexity index is 1930. The first kappa shape index (κ1) is 29.4. The van der Waals surface area contributed by atoms with Gasteiger partial charge in [0.15, 0.2) is 0 Å². The van der Waals surface area contributed by atoms with Gasteiger partial charge in [0.1, 0.15) is 35.4 Å². The molecule has 232 valence electrons. The second-order valence-electron chi connectivity index (χ2n) is 11.0. The molecule has 2 N–H and O–H groups in total. The zero-order valence-electron chi connectivity index (χ0n) is 24.2. The fraction of sp³-hybridized carbons (Fsp3) is 0.281. The Morgan fingerprint density at radius 3 is 2.71 bits per heavy atom. The summed E-state index contributed by atoms with van der Waals surface area (Å²) in [7, 11) is 0. The predicted octanol–water partition coefficient (Wildman–Crippen LogP) is 6.86.